The van der Waals surface area contributed by atoms with E-state index < -0.39 is 8.32 Å². The Morgan fingerprint density at radius 1 is 1.31 bits per heavy atom. The molecule has 1 unspecified atom stereocenters. The molecule has 0 aliphatic rings. The lowest BCUT2D eigenvalue weighted by atomic mass is 10.2. The van der Waals surface area contributed by atoms with Crippen LogP contribution in [0.15, 0.2) is 0 Å². The molecule has 0 rings (SSSR count). The van der Waals surface area contributed by atoms with Gasteiger partial charge < -0.3 is 4.43 Å². The fraction of sp³-hybridized carbons (Fsp3) is 1.00. The SMILES string of the molecule is CCC(CBr)O[Si](C)(C)C(C)(C)C. The predicted octanol–water partition coefficient (Wildman–Crippen LogP) is 4.18. The van der Waals surface area contributed by atoms with E-state index >= 15 is 0 Å². The fourth-order valence-corrected chi connectivity index (χ4v) is 3.09. The van der Waals surface area contributed by atoms with E-state index in [1.54, 1.807) is 0 Å². The van der Waals surface area contributed by atoms with Crippen LogP contribution in [-0.2, 0) is 4.43 Å². The smallest absolute Gasteiger partial charge is 0.192 e. The summed E-state index contributed by atoms with van der Waals surface area (Å²) in [5.41, 5.74) is 0. The predicted molar refractivity (Wildman–Crippen MR) is 66.2 cm³/mol. The Balaban J connectivity index is 4.31. The summed E-state index contributed by atoms with van der Waals surface area (Å²) in [6.45, 7) is 13.6. The highest BCUT2D eigenvalue weighted by molar-refractivity contribution is 9.09. The maximum atomic E-state index is 6.19. The third kappa shape index (κ3) is 4.13. The molecule has 0 saturated heterocycles. The Morgan fingerprint density at radius 3 is 2.00 bits per heavy atom. The van der Waals surface area contributed by atoms with Crippen molar-refractivity contribution in [3.8, 4) is 0 Å². The normalized spacial score (nSPS) is 15.9. The topological polar surface area (TPSA) is 9.23 Å². The quantitative estimate of drug-likeness (QED) is 0.548. The summed E-state index contributed by atoms with van der Waals surface area (Å²) in [6, 6.07) is 0. The summed E-state index contributed by atoms with van der Waals surface area (Å²) >= 11 is 3.49. The molecule has 0 bridgehead atoms. The summed E-state index contributed by atoms with van der Waals surface area (Å²) < 4.78 is 6.19. The van der Waals surface area contributed by atoms with E-state index in [9.17, 15) is 0 Å². The number of hydrogen-bond donors (Lipinski definition) is 0. The minimum atomic E-state index is -1.54. The molecule has 0 heterocycles. The summed E-state index contributed by atoms with van der Waals surface area (Å²) in [4.78, 5) is 0. The van der Waals surface area contributed by atoms with E-state index in [0.29, 0.717) is 11.1 Å². The maximum absolute atomic E-state index is 6.19. The van der Waals surface area contributed by atoms with Gasteiger partial charge in [-0.25, -0.2) is 0 Å². The first-order valence-electron chi connectivity index (χ1n) is 4.98. The van der Waals surface area contributed by atoms with E-state index in [1.807, 2.05) is 0 Å². The molecule has 0 aromatic carbocycles. The standard InChI is InChI=1S/C10H23BrOSi/c1-7-9(8-11)12-13(5,6)10(2,3)4/h9H,7-8H2,1-6H3. The van der Waals surface area contributed by atoms with E-state index in [0.717, 1.165) is 11.8 Å². The highest BCUT2D eigenvalue weighted by Gasteiger charge is 2.38. The lowest BCUT2D eigenvalue weighted by Gasteiger charge is -2.38. The van der Waals surface area contributed by atoms with Gasteiger partial charge in [0.25, 0.3) is 0 Å². The van der Waals surface area contributed by atoms with Crippen molar-refractivity contribution in [3.05, 3.63) is 0 Å². The molecule has 0 fully saturated rings. The van der Waals surface area contributed by atoms with Gasteiger partial charge in [0.2, 0.25) is 0 Å². The van der Waals surface area contributed by atoms with E-state index in [4.69, 9.17) is 4.43 Å². The Hall–Kier alpha value is 0.657. The highest BCUT2D eigenvalue weighted by atomic mass is 79.9. The van der Waals surface area contributed by atoms with Gasteiger partial charge in [-0.15, -0.1) is 0 Å². The molecule has 0 aromatic heterocycles. The minimum Gasteiger partial charge on any atom is -0.413 e. The van der Waals surface area contributed by atoms with Crippen molar-refractivity contribution in [1.29, 1.82) is 0 Å². The van der Waals surface area contributed by atoms with Gasteiger partial charge in [-0.3, -0.25) is 0 Å². The van der Waals surface area contributed by atoms with Crippen molar-refractivity contribution < 1.29 is 4.43 Å². The largest absolute Gasteiger partial charge is 0.413 e. The first kappa shape index (κ1) is 13.7. The Morgan fingerprint density at radius 2 is 1.77 bits per heavy atom. The molecule has 13 heavy (non-hydrogen) atoms. The molecule has 0 aromatic rings. The number of hydrogen-bond acceptors (Lipinski definition) is 1. The van der Waals surface area contributed by atoms with Crippen molar-refractivity contribution in [1.82, 2.24) is 0 Å². The third-order valence-corrected chi connectivity index (χ3v) is 8.15. The number of alkyl halides is 1. The van der Waals surface area contributed by atoms with Crippen molar-refractivity contribution in [2.75, 3.05) is 5.33 Å². The van der Waals surface area contributed by atoms with Crippen LogP contribution in [-0.4, -0.2) is 19.8 Å². The van der Waals surface area contributed by atoms with Crippen molar-refractivity contribution in [3.63, 3.8) is 0 Å². The summed E-state index contributed by atoms with van der Waals surface area (Å²) in [7, 11) is -1.54. The fourth-order valence-electron chi connectivity index (χ4n) is 0.817. The summed E-state index contributed by atoms with van der Waals surface area (Å²) in [5.74, 6) is 0. The lowest BCUT2D eigenvalue weighted by Crippen LogP contribution is -2.44. The molecule has 1 nitrogen and oxygen atoms in total. The second-order valence-corrected chi connectivity index (χ2v) is 10.5. The van der Waals surface area contributed by atoms with Crippen LogP contribution in [0.2, 0.25) is 18.1 Å². The molecule has 80 valence electrons. The zero-order valence-corrected chi connectivity index (χ0v) is 12.4. The first-order chi connectivity index (χ1) is 5.74. The van der Waals surface area contributed by atoms with Crippen LogP contribution in [0.5, 0.6) is 0 Å². The minimum absolute atomic E-state index is 0.322. The molecular formula is C10H23BrOSi. The van der Waals surface area contributed by atoms with Crippen LogP contribution in [0.4, 0.5) is 0 Å². The Bertz CT molecular complexity index is 147. The van der Waals surface area contributed by atoms with Crippen LogP contribution in [0.3, 0.4) is 0 Å². The van der Waals surface area contributed by atoms with Gasteiger partial charge >= 0.3 is 0 Å². The highest BCUT2D eigenvalue weighted by Crippen LogP contribution is 2.37. The lowest BCUT2D eigenvalue weighted by molar-refractivity contribution is 0.200. The molecule has 0 N–H and O–H groups in total. The second kappa shape index (κ2) is 4.94. The van der Waals surface area contributed by atoms with Crippen LogP contribution in [0.1, 0.15) is 34.1 Å². The molecule has 3 heteroatoms. The maximum Gasteiger partial charge on any atom is 0.192 e. The molecule has 0 aliphatic heterocycles. The zero-order valence-electron chi connectivity index (χ0n) is 9.78. The van der Waals surface area contributed by atoms with Crippen LogP contribution >= 0.6 is 15.9 Å². The summed E-state index contributed by atoms with van der Waals surface area (Å²) in [6.07, 6.45) is 1.48. The van der Waals surface area contributed by atoms with Crippen molar-refractivity contribution >= 4 is 24.2 Å². The van der Waals surface area contributed by atoms with Crippen LogP contribution in [0, 0.1) is 0 Å². The van der Waals surface area contributed by atoms with Crippen LogP contribution in [0.25, 0.3) is 0 Å². The second-order valence-electron chi connectivity index (χ2n) is 5.06. The van der Waals surface area contributed by atoms with Gasteiger partial charge in [-0.1, -0.05) is 43.6 Å². The molecular weight excluding hydrogens is 244 g/mol. The average molecular weight is 267 g/mol. The van der Waals surface area contributed by atoms with Crippen molar-refractivity contribution in [2.45, 2.75) is 58.4 Å². The monoisotopic (exact) mass is 266 g/mol. The van der Waals surface area contributed by atoms with Gasteiger partial charge in [-0.2, -0.15) is 0 Å². The van der Waals surface area contributed by atoms with E-state index in [2.05, 4.69) is 56.7 Å². The Kier molecular flexibility index (Phi) is 5.19. The van der Waals surface area contributed by atoms with Crippen LogP contribution < -0.4 is 0 Å². The average Bonchev–Trinajstić information content (AvgIpc) is 1.98. The van der Waals surface area contributed by atoms with Crippen molar-refractivity contribution in [2.24, 2.45) is 0 Å². The van der Waals surface area contributed by atoms with Gasteiger partial charge in [0.05, 0.1) is 6.10 Å². The van der Waals surface area contributed by atoms with Gasteiger partial charge in [0.1, 0.15) is 0 Å². The summed E-state index contributed by atoms with van der Waals surface area (Å²) in [5, 5.41) is 1.28. The first-order valence-corrected chi connectivity index (χ1v) is 9.01. The van der Waals surface area contributed by atoms with Gasteiger partial charge in [0, 0.05) is 5.33 Å². The molecule has 0 spiro atoms. The molecule has 0 saturated carbocycles. The molecule has 0 aliphatic carbocycles. The van der Waals surface area contributed by atoms with E-state index in [1.165, 1.54) is 0 Å². The molecule has 0 amide bonds. The molecule has 0 radical (unpaired) electrons. The number of rotatable bonds is 4. The Labute approximate surface area is 92.5 Å². The third-order valence-electron chi connectivity index (χ3n) is 2.89. The van der Waals surface area contributed by atoms with Gasteiger partial charge in [-0.05, 0) is 24.6 Å². The number of halogens is 1. The molecule has 1 atom stereocenters. The van der Waals surface area contributed by atoms with Gasteiger partial charge in [0.15, 0.2) is 8.32 Å². The zero-order chi connectivity index (χ0) is 10.7. The van der Waals surface area contributed by atoms with E-state index in [-0.39, 0.29) is 0 Å².